The second-order valence-corrected chi connectivity index (χ2v) is 4.88. The molecule has 0 saturated heterocycles. The zero-order valence-corrected chi connectivity index (χ0v) is 10.1. The maximum atomic E-state index is 14.0. The molecule has 0 aromatic rings. The first-order valence-corrected chi connectivity index (χ1v) is 5.26. The average Bonchev–Trinajstić information content (AvgIpc) is 2.24. The first kappa shape index (κ1) is 16.4. The number of hydrogen-bond acceptors (Lipinski definition) is 0. The van der Waals surface area contributed by atoms with E-state index in [1.54, 1.807) is 0 Å². The summed E-state index contributed by atoms with van der Waals surface area (Å²) in [7, 11) is 0. The van der Waals surface area contributed by atoms with Crippen LogP contribution in [0.25, 0.3) is 0 Å². The molecule has 3 atom stereocenters. The molecule has 0 aromatic heterocycles. The molecule has 3 unspecified atom stereocenters. The molecule has 0 aliphatic heterocycles. The summed E-state index contributed by atoms with van der Waals surface area (Å²) in [5.41, 5.74) is -14.9. The van der Waals surface area contributed by atoms with Crippen LogP contribution in [0.3, 0.4) is 0 Å². The van der Waals surface area contributed by atoms with E-state index in [2.05, 4.69) is 0 Å². The fourth-order valence-electron chi connectivity index (χ4n) is 2.26. The van der Waals surface area contributed by atoms with Gasteiger partial charge in [-0.2, -0.15) is 26.3 Å². The second-order valence-electron chi connectivity index (χ2n) is 4.88. The summed E-state index contributed by atoms with van der Waals surface area (Å²) in [5.74, 6) is -17.6. The van der Waals surface area contributed by atoms with Crippen LogP contribution in [0.2, 0.25) is 0 Å². The molecule has 1 aliphatic rings. The number of alkyl halides is 9. The Labute approximate surface area is 103 Å². The van der Waals surface area contributed by atoms with Gasteiger partial charge in [-0.15, -0.1) is 0 Å². The molecule has 0 bridgehead atoms. The van der Waals surface area contributed by atoms with Gasteiger partial charge in [0, 0.05) is 0 Å². The van der Waals surface area contributed by atoms with Crippen molar-refractivity contribution in [1.29, 1.82) is 0 Å². The van der Waals surface area contributed by atoms with Crippen molar-refractivity contribution in [1.82, 2.24) is 0 Å². The third-order valence-electron chi connectivity index (χ3n) is 3.89. The largest absolute Gasteiger partial charge is 0.352 e. The minimum atomic E-state index is -6.07. The Morgan fingerprint density at radius 3 is 1.21 bits per heavy atom. The van der Waals surface area contributed by atoms with E-state index in [0.717, 1.165) is 0 Å². The zero-order chi connectivity index (χ0) is 15.7. The highest BCUT2D eigenvalue weighted by Gasteiger charge is 2.95. The molecule has 0 spiro atoms. The van der Waals surface area contributed by atoms with Gasteiger partial charge in [0.25, 0.3) is 0 Å². The minimum Gasteiger partial charge on any atom is -0.233 e. The highest BCUT2D eigenvalue weighted by Crippen LogP contribution is 2.68. The van der Waals surface area contributed by atoms with E-state index < -0.39 is 55.0 Å². The molecule has 1 aliphatic carbocycles. The zero-order valence-electron chi connectivity index (χ0n) is 10.1. The minimum absolute atomic E-state index is 0.409. The van der Waals surface area contributed by atoms with E-state index in [1.807, 2.05) is 0 Å². The molecular formula is C10H11F9. The van der Waals surface area contributed by atoms with Crippen LogP contribution < -0.4 is 0 Å². The summed E-state index contributed by atoms with van der Waals surface area (Å²) >= 11 is 0. The van der Waals surface area contributed by atoms with Gasteiger partial charge in [-0.1, -0.05) is 6.92 Å². The van der Waals surface area contributed by atoms with E-state index in [-0.39, 0.29) is 0 Å². The molecule has 19 heavy (non-hydrogen) atoms. The van der Waals surface area contributed by atoms with Crippen LogP contribution in [0.5, 0.6) is 0 Å². The topological polar surface area (TPSA) is 0 Å². The van der Waals surface area contributed by atoms with Gasteiger partial charge in [-0.3, -0.25) is 0 Å². The maximum absolute atomic E-state index is 14.0. The molecule has 0 aromatic carbocycles. The first-order chi connectivity index (χ1) is 8.06. The molecular weight excluding hydrogens is 291 g/mol. The van der Waals surface area contributed by atoms with Gasteiger partial charge in [0.1, 0.15) is 0 Å². The van der Waals surface area contributed by atoms with Gasteiger partial charge < -0.3 is 0 Å². The van der Waals surface area contributed by atoms with Crippen LogP contribution in [-0.2, 0) is 0 Å². The van der Waals surface area contributed by atoms with Crippen molar-refractivity contribution < 1.29 is 39.5 Å². The monoisotopic (exact) mass is 302 g/mol. The number of halogens is 9. The molecule has 0 N–H and O–H groups in total. The van der Waals surface area contributed by atoms with Crippen molar-refractivity contribution >= 4 is 0 Å². The average molecular weight is 302 g/mol. The van der Waals surface area contributed by atoms with E-state index in [0.29, 0.717) is 6.92 Å². The van der Waals surface area contributed by atoms with Crippen molar-refractivity contribution in [3.05, 3.63) is 0 Å². The van der Waals surface area contributed by atoms with E-state index >= 15 is 0 Å². The molecule has 1 saturated carbocycles. The Morgan fingerprint density at radius 1 is 0.579 bits per heavy atom. The number of rotatable bonds is 1. The van der Waals surface area contributed by atoms with Crippen molar-refractivity contribution in [2.24, 2.45) is 0 Å². The standard InChI is InChI=1S/C10H11F9/c1-4-7(13)5(2,11)9(16,17)10(18,19)6(3,12)8(7,14)15/h4H2,1-3H3. The van der Waals surface area contributed by atoms with Gasteiger partial charge >= 0.3 is 17.8 Å². The predicted octanol–water partition coefficient (Wildman–Crippen LogP) is 4.48. The molecule has 0 nitrogen and oxygen atoms in total. The number of hydrogen-bond donors (Lipinski definition) is 0. The van der Waals surface area contributed by atoms with Crippen LogP contribution in [0.1, 0.15) is 27.2 Å². The van der Waals surface area contributed by atoms with E-state index in [9.17, 15) is 39.5 Å². The van der Waals surface area contributed by atoms with Crippen molar-refractivity contribution in [3.63, 3.8) is 0 Å². The predicted molar refractivity (Wildman–Crippen MR) is 48.0 cm³/mol. The van der Waals surface area contributed by atoms with Gasteiger partial charge in [0.05, 0.1) is 0 Å². The highest BCUT2D eigenvalue weighted by molar-refractivity contribution is 5.29. The quantitative estimate of drug-likeness (QED) is 0.626. The molecule has 1 rings (SSSR count). The molecule has 1 fully saturated rings. The Morgan fingerprint density at radius 2 is 0.895 bits per heavy atom. The Hall–Kier alpha value is -0.630. The third kappa shape index (κ3) is 1.29. The fraction of sp³-hybridized carbons (Fsp3) is 1.00. The highest BCUT2D eigenvalue weighted by atomic mass is 19.3. The smallest absolute Gasteiger partial charge is 0.233 e. The lowest BCUT2D eigenvalue weighted by molar-refractivity contribution is -0.430. The van der Waals surface area contributed by atoms with Crippen LogP contribution >= 0.6 is 0 Å². The molecule has 0 heterocycles. The lowest BCUT2D eigenvalue weighted by atomic mass is 9.61. The van der Waals surface area contributed by atoms with Gasteiger partial charge in [-0.25, -0.2) is 13.2 Å². The van der Waals surface area contributed by atoms with Crippen LogP contribution in [-0.4, -0.2) is 34.8 Å². The summed E-state index contributed by atoms with van der Waals surface area (Å²) in [4.78, 5) is 0. The summed E-state index contributed by atoms with van der Waals surface area (Å²) in [6.45, 7) is -0.422. The lowest BCUT2D eigenvalue weighted by Gasteiger charge is -2.56. The molecule has 9 heteroatoms. The molecule has 114 valence electrons. The Balaban J connectivity index is 3.76. The third-order valence-corrected chi connectivity index (χ3v) is 3.89. The summed E-state index contributed by atoms with van der Waals surface area (Å²) in [5, 5.41) is 0. The van der Waals surface area contributed by atoms with Crippen LogP contribution in [0, 0.1) is 0 Å². The van der Waals surface area contributed by atoms with Gasteiger partial charge in [-0.05, 0) is 20.3 Å². The maximum Gasteiger partial charge on any atom is 0.352 e. The summed E-state index contributed by atoms with van der Waals surface area (Å²) in [6.07, 6.45) is -1.60. The van der Waals surface area contributed by atoms with E-state index in [1.165, 1.54) is 0 Å². The first-order valence-electron chi connectivity index (χ1n) is 5.26. The Bertz CT molecular complexity index is 352. The fourth-order valence-corrected chi connectivity index (χ4v) is 2.26. The summed E-state index contributed by atoms with van der Waals surface area (Å²) in [6, 6.07) is 0. The normalized spacial score (nSPS) is 48.0. The van der Waals surface area contributed by atoms with E-state index in [4.69, 9.17) is 0 Å². The van der Waals surface area contributed by atoms with Crippen molar-refractivity contribution in [2.45, 2.75) is 62.0 Å². The Kier molecular flexibility index (Phi) is 3.04. The van der Waals surface area contributed by atoms with Crippen molar-refractivity contribution in [3.8, 4) is 0 Å². The molecule has 0 amide bonds. The van der Waals surface area contributed by atoms with Crippen molar-refractivity contribution in [2.75, 3.05) is 0 Å². The lowest BCUT2D eigenvalue weighted by Crippen LogP contribution is -2.84. The van der Waals surface area contributed by atoms with Crippen LogP contribution in [0.15, 0.2) is 0 Å². The summed E-state index contributed by atoms with van der Waals surface area (Å²) < 4.78 is 122. The second kappa shape index (κ2) is 3.52. The van der Waals surface area contributed by atoms with Gasteiger partial charge in [0.2, 0.25) is 17.0 Å². The molecule has 0 radical (unpaired) electrons. The SMILES string of the molecule is CCC1(F)C(C)(F)C(F)(F)C(F)(F)C(C)(F)C1(F)F. The van der Waals surface area contributed by atoms with Crippen LogP contribution in [0.4, 0.5) is 39.5 Å². The van der Waals surface area contributed by atoms with Gasteiger partial charge in [0.15, 0.2) is 0 Å².